The zero-order chi connectivity index (χ0) is 10.8. The third-order valence-electron chi connectivity index (χ3n) is 1.13. The number of aromatic nitrogens is 5. The van der Waals surface area contributed by atoms with Crippen molar-refractivity contribution in [1.29, 1.82) is 5.26 Å². The highest BCUT2D eigenvalue weighted by atomic mass is 15.1. The highest BCUT2D eigenvalue weighted by Crippen LogP contribution is 1.89. The quantitative estimate of drug-likeness (QED) is 0.521. The molecular formula is C8H7N7. The number of anilines is 1. The van der Waals surface area contributed by atoms with Gasteiger partial charge < -0.3 is 0 Å². The van der Waals surface area contributed by atoms with Crippen molar-refractivity contribution in [2.75, 3.05) is 5.32 Å². The maximum absolute atomic E-state index is 8.08. The van der Waals surface area contributed by atoms with Gasteiger partial charge in [-0.15, -0.1) is 0 Å². The Morgan fingerprint density at radius 3 is 1.93 bits per heavy atom. The lowest BCUT2D eigenvalue weighted by Gasteiger charge is -1.88. The zero-order valence-corrected chi connectivity index (χ0v) is 7.65. The van der Waals surface area contributed by atoms with Crippen LogP contribution in [0, 0.1) is 11.5 Å². The maximum Gasteiger partial charge on any atom is 0.235 e. The number of hydrogen-bond donors (Lipinski definition) is 1. The van der Waals surface area contributed by atoms with Crippen molar-refractivity contribution < 1.29 is 0 Å². The second kappa shape index (κ2) is 6.85. The van der Waals surface area contributed by atoms with Crippen molar-refractivity contribution in [3.05, 3.63) is 37.4 Å². The summed E-state index contributed by atoms with van der Waals surface area (Å²) in [6, 6.07) is 1.68. The summed E-state index contributed by atoms with van der Waals surface area (Å²) in [4.78, 5) is 18.1. The van der Waals surface area contributed by atoms with Crippen LogP contribution in [0.25, 0.3) is 0 Å². The second-order valence-electron chi connectivity index (χ2n) is 2.10. The first-order valence-electron chi connectivity index (χ1n) is 3.90. The summed E-state index contributed by atoms with van der Waals surface area (Å²) in [6.07, 6.45) is 9.15. The first kappa shape index (κ1) is 10.5. The number of nitrogens with one attached hydrogen (secondary N) is 1. The van der Waals surface area contributed by atoms with Crippen LogP contribution >= 0.6 is 0 Å². The van der Waals surface area contributed by atoms with E-state index in [1.165, 1.54) is 19.0 Å². The molecule has 0 aliphatic rings. The van der Waals surface area contributed by atoms with Crippen LogP contribution in [0.5, 0.6) is 0 Å². The Hall–Kier alpha value is -2.62. The van der Waals surface area contributed by atoms with E-state index in [0.29, 0.717) is 5.95 Å². The predicted molar refractivity (Wildman–Crippen MR) is 51.1 cm³/mol. The predicted octanol–water partition coefficient (Wildman–Crippen LogP) is 0.241. The van der Waals surface area contributed by atoms with E-state index < -0.39 is 0 Å². The third-order valence-corrected chi connectivity index (χ3v) is 1.13. The summed E-state index contributed by atoms with van der Waals surface area (Å²) >= 11 is 0. The molecule has 7 heteroatoms. The molecule has 2 aromatic heterocycles. The molecule has 0 bridgehead atoms. The number of nitriles is 1. The molecule has 0 aliphatic carbocycles. The minimum absolute atomic E-state index is 0.333. The van der Waals surface area contributed by atoms with E-state index in [1.54, 1.807) is 24.7 Å². The van der Waals surface area contributed by atoms with E-state index >= 15 is 0 Å². The van der Waals surface area contributed by atoms with Gasteiger partial charge in [0.05, 0.1) is 0 Å². The molecular weight excluding hydrogens is 194 g/mol. The summed E-state index contributed by atoms with van der Waals surface area (Å²) in [6.45, 7) is 0. The lowest BCUT2D eigenvalue weighted by atomic mass is 10.7. The van der Waals surface area contributed by atoms with Gasteiger partial charge >= 0.3 is 0 Å². The van der Waals surface area contributed by atoms with Gasteiger partial charge in [-0.25, -0.2) is 24.9 Å². The van der Waals surface area contributed by atoms with E-state index in [9.17, 15) is 0 Å². The maximum atomic E-state index is 8.08. The fraction of sp³-hybridized carbons (Fsp3) is 0. The SMILES string of the molecule is N#CNc1ncccn1.c1ncncn1. The van der Waals surface area contributed by atoms with Crippen LogP contribution < -0.4 is 5.32 Å². The van der Waals surface area contributed by atoms with Gasteiger partial charge in [0.25, 0.3) is 0 Å². The summed E-state index contributed by atoms with van der Waals surface area (Å²) in [7, 11) is 0. The van der Waals surface area contributed by atoms with Crippen LogP contribution in [-0.2, 0) is 0 Å². The number of nitrogens with zero attached hydrogens (tertiary/aromatic N) is 6. The zero-order valence-electron chi connectivity index (χ0n) is 7.65. The molecule has 2 aromatic rings. The van der Waals surface area contributed by atoms with E-state index in [2.05, 4.69) is 30.2 Å². The molecule has 0 aliphatic heterocycles. The van der Waals surface area contributed by atoms with Gasteiger partial charge in [-0.05, 0) is 6.07 Å². The van der Waals surface area contributed by atoms with Crippen molar-refractivity contribution in [1.82, 2.24) is 24.9 Å². The molecule has 0 unspecified atom stereocenters. The molecule has 7 nitrogen and oxygen atoms in total. The normalized spacial score (nSPS) is 7.93. The first-order valence-corrected chi connectivity index (χ1v) is 3.90. The molecule has 74 valence electrons. The lowest BCUT2D eigenvalue weighted by molar-refractivity contribution is 1.05. The fourth-order valence-electron chi connectivity index (χ4n) is 0.619. The molecule has 0 saturated heterocycles. The van der Waals surface area contributed by atoms with Crippen molar-refractivity contribution in [3.8, 4) is 6.19 Å². The van der Waals surface area contributed by atoms with E-state index in [-0.39, 0.29) is 0 Å². The third kappa shape index (κ3) is 4.84. The van der Waals surface area contributed by atoms with Crippen LogP contribution in [0.15, 0.2) is 37.4 Å². The monoisotopic (exact) mass is 201 g/mol. The Balaban J connectivity index is 0.000000162. The van der Waals surface area contributed by atoms with Crippen molar-refractivity contribution in [3.63, 3.8) is 0 Å². The van der Waals surface area contributed by atoms with Gasteiger partial charge in [-0.1, -0.05) is 0 Å². The Kier molecular flexibility index (Phi) is 4.78. The Bertz CT molecular complexity index is 370. The van der Waals surface area contributed by atoms with Crippen molar-refractivity contribution >= 4 is 5.95 Å². The van der Waals surface area contributed by atoms with E-state index in [4.69, 9.17) is 5.26 Å². The largest absolute Gasteiger partial charge is 0.261 e. The minimum atomic E-state index is 0.333. The van der Waals surface area contributed by atoms with Crippen LogP contribution in [0.1, 0.15) is 0 Å². The molecule has 0 atom stereocenters. The van der Waals surface area contributed by atoms with Crippen LogP contribution in [0.2, 0.25) is 0 Å². The van der Waals surface area contributed by atoms with Gasteiger partial charge in [-0.2, -0.15) is 5.26 Å². The van der Waals surface area contributed by atoms with Gasteiger partial charge in [0, 0.05) is 12.4 Å². The standard InChI is InChI=1S/C5H4N4.C3H3N3/c6-4-9-5-7-2-1-3-8-5;1-4-2-6-3-5-1/h1-3H,(H,7,8,9);1-3H. The van der Waals surface area contributed by atoms with Gasteiger partial charge in [0.2, 0.25) is 5.95 Å². The second-order valence-corrected chi connectivity index (χ2v) is 2.10. The Morgan fingerprint density at radius 1 is 1.00 bits per heavy atom. The highest BCUT2D eigenvalue weighted by molar-refractivity contribution is 5.27. The molecule has 0 fully saturated rings. The molecule has 1 N–H and O–H groups in total. The van der Waals surface area contributed by atoms with Gasteiger partial charge in [-0.3, -0.25) is 5.32 Å². The summed E-state index contributed by atoms with van der Waals surface area (Å²) < 4.78 is 0. The number of hydrogen-bond acceptors (Lipinski definition) is 7. The summed E-state index contributed by atoms with van der Waals surface area (Å²) in [5.41, 5.74) is 0. The minimum Gasteiger partial charge on any atom is -0.261 e. The van der Waals surface area contributed by atoms with Crippen LogP contribution in [-0.4, -0.2) is 24.9 Å². The summed E-state index contributed by atoms with van der Waals surface area (Å²) in [5, 5.41) is 10.4. The van der Waals surface area contributed by atoms with E-state index in [0.717, 1.165) is 0 Å². The topological polar surface area (TPSA) is 100 Å². The Morgan fingerprint density at radius 2 is 1.53 bits per heavy atom. The van der Waals surface area contributed by atoms with E-state index in [1.807, 2.05) is 0 Å². The molecule has 0 spiro atoms. The smallest absolute Gasteiger partial charge is 0.235 e. The van der Waals surface area contributed by atoms with Crippen LogP contribution in [0.3, 0.4) is 0 Å². The van der Waals surface area contributed by atoms with Crippen molar-refractivity contribution in [2.45, 2.75) is 0 Å². The average molecular weight is 201 g/mol. The molecule has 0 radical (unpaired) electrons. The molecule has 2 heterocycles. The fourth-order valence-corrected chi connectivity index (χ4v) is 0.619. The molecule has 0 saturated carbocycles. The van der Waals surface area contributed by atoms with Gasteiger partial charge in [0.15, 0.2) is 6.19 Å². The lowest BCUT2D eigenvalue weighted by Crippen LogP contribution is -1.92. The number of rotatable bonds is 1. The Labute approximate surface area is 85.9 Å². The highest BCUT2D eigenvalue weighted by Gasteiger charge is 1.85. The van der Waals surface area contributed by atoms with Gasteiger partial charge in [0.1, 0.15) is 19.0 Å². The van der Waals surface area contributed by atoms with Crippen LogP contribution in [0.4, 0.5) is 5.95 Å². The molecule has 2 rings (SSSR count). The summed E-state index contributed by atoms with van der Waals surface area (Å²) in [5.74, 6) is 0.333. The molecule has 15 heavy (non-hydrogen) atoms. The molecule has 0 aromatic carbocycles. The molecule has 0 amide bonds. The van der Waals surface area contributed by atoms with Crippen molar-refractivity contribution in [2.24, 2.45) is 0 Å². The first-order chi connectivity index (χ1) is 7.43. The average Bonchev–Trinajstić information content (AvgIpc) is 2.34.